The van der Waals surface area contributed by atoms with Crippen LogP contribution in [0.1, 0.15) is 31.6 Å². The number of benzene rings is 1. The lowest BCUT2D eigenvalue weighted by molar-refractivity contribution is 0.237. The molecule has 3 rings (SSSR count). The number of aliphatic hydroxyl groups excluding tert-OH is 1. The fraction of sp³-hybridized carbons (Fsp3) is 0.533. The molecule has 4 nitrogen and oxygen atoms in total. The fourth-order valence-corrected chi connectivity index (χ4v) is 3.04. The van der Waals surface area contributed by atoms with Crippen molar-refractivity contribution in [2.75, 3.05) is 19.7 Å². The van der Waals surface area contributed by atoms with Gasteiger partial charge in [0.25, 0.3) is 0 Å². The molecular formula is C15H21N3O. The molecule has 0 spiro atoms. The van der Waals surface area contributed by atoms with Crippen molar-refractivity contribution < 1.29 is 5.11 Å². The highest BCUT2D eigenvalue weighted by molar-refractivity contribution is 5.76. The van der Waals surface area contributed by atoms with Gasteiger partial charge in [0.05, 0.1) is 23.7 Å². The fourth-order valence-electron chi connectivity index (χ4n) is 3.04. The summed E-state index contributed by atoms with van der Waals surface area (Å²) in [4.78, 5) is 7.27. The van der Waals surface area contributed by atoms with Crippen LogP contribution >= 0.6 is 0 Å². The number of para-hydroxylation sites is 2. The number of likely N-dealkylation sites (tertiary alicyclic amines) is 1. The topological polar surface area (TPSA) is 41.3 Å². The molecule has 1 saturated heterocycles. The van der Waals surface area contributed by atoms with E-state index in [0.717, 1.165) is 29.9 Å². The van der Waals surface area contributed by atoms with Gasteiger partial charge in [-0.3, -0.25) is 4.90 Å². The third-order valence-corrected chi connectivity index (χ3v) is 4.07. The highest BCUT2D eigenvalue weighted by Gasteiger charge is 2.24. The lowest BCUT2D eigenvalue weighted by Crippen LogP contribution is -2.26. The van der Waals surface area contributed by atoms with E-state index in [4.69, 9.17) is 4.98 Å². The summed E-state index contributed by atoms with van der Waals surface area (Å²) in [6.45, 7) is 5.31. The number of hydrogen-bond donors (Lipinski definition) is 1. The Morgan fingerprint density at radius 1 is 1.26 bits per heavy atom. The second-order valence-electron chi connectivity index (χ2n) is 5.25. The van der Waals surface area contributed by atoms with Crippen LogP contribution in [-0.4, -0.2) is 39.3 Å². The quantitative estimate of drug-likeness (QED) is 0.915. The molecule has 0 aliphatic carbocycles. The Hall–Kier alpha value is -1.39. The summed E-state index contributed by atoms with van der Waals surface area (Å²) in [5.74, 6) is 1.08. The SMILES string of the molecule is CC(c1nc2ccccc2n1CCO)N1CCCC1. The average molecular weight is 259 g/mol. The summed E-state index contributed by atoms with van der Waals surface area (Å²) in [5.41, 5.74) is 2.15. The molecule has 4 heteroatoms. The molecule has 1 N–H and O–H groups in total. The molecule has 0 saturated carbocycles. The molecule has 1 unspecified atom stereocenters. The minimum absolute atomic E-state index is 0.153. The Morgan fingerprint density at radius 2 is 2.00 bits per heavy atom. The van der Waals surface area contributed by atoms with Gasteiger partial charge >= 0.3 is 0 Å². The maximum absolute atomic E-state index is 9.31. The summed E-state index contributed by atoms with van der Waals surface area (Å²) in [6, 6.07) is 8.49. The van der Waals surface area contributed by atoms with Crippen LogP contribution in [0.2, 0.25) is 0 Å². The van der Waals surface area contributed by atoms with E-state index in [-0.39, 0.29) is 6.61 Å². The van der Waals surface area contributed by atoms with Gasteiger partial charge in [0, 0.05) is 6.54 Å². The van der Waals surface area contributed by atoms with Crippen LogP contribution < -0.4 is 0 Å². The molecule has 102 valence electrons. The molecular weight excluding hydrogens is 238 g/mol. The Kier molecular flexibility index (Phi) is 3.53. The standard InChI is InChI=1S/C15H21N3O/c1-12(17-8-4-5-9-17)15-16-13-6-2-3-7-14(13)18(15)10-11-19/h2-3,6-7,12,19H,4-5,8-11H2,1H3. The molecule has 1 aromatic heterocycles. The third kappa shape index (κ3) is 2.26. The first kappa shape index (κ1) is 12.6. The lowest BCUT2D eigenvalue weighted by Gasteiger charge is -2.24. The highest BCUT2D eigenvalue weighted by atomic mass is 16.3. The number of aliphatic hydroxyl groups is 1. The number of hydrogen-bond acceptors (Lipinski definition) is 3. The smallest absolute Gasteiger partial charge is 0.127 e. The first-order valence-electron chi connectivity index (χ1n) is 7.11. The Bertz CT molecular complexity index is 558. The monoisotopic (exact) mass is 259 g/mol. The third-order valence-electron chi connectivity index (χ3n) is 4.07. The Labute approximate surface area is 113 Å². The molecule has 19 heavy (non-hydrogen) atoms. The summed E-state index contributed by atoms with van der Waals surface area (Å²) < 4.78 is 2.16. The van der Waals surface area contributed by atoms with Crippen molar-refractivity contribution >= 4 is 11.0 Å². The van der Waals surface area contributed by atoms with Crippen molar-refractivity contribution in [2.45, 2.75) is 32.4 Å². The largest absolute Gasteiger partial charge is 0.395 e. The normalized spacial score (nSPS) is 18.2. The first-order chi connectivity index (χ1) is 9.31. The molecule has 0 bridgehead atoms. The maximum atomic E-state index is 9.31. The summed E-state index contributed by atoms with van der Waals surface area (Å²) in [7, 11) is 0. The zero-order valence-electron chi connectivity index (χ0n) is 11.4. The second-order valence-corrected chi connectivity index (χ2v) is 5.25. The van der Waals surface area contributed by atoms with Crippen LogP contribution in [-0.2, 0) is 6.54 Å². The van der Waals surface area contributed by atoms with Gasteiger partial charge in [-0.05, 0) is 45.0 Å². The number of aromatic nitrogens is 2. The van der Waals surface area contributed by atoms with Crippen LogP contribution in [0.25, 0.3) is 11.0 Å². The van der Waals surface area contributed by atoms with Gasteiger partial charge < -0.3 is 9.67 Å². The molecule has 2 aromatic rings. The minimum Gasteiger partial charge on any atom is -0.395 e. The summed E-state index contributed by atoms with van der Waals surface area (Å²) in [6.07, 6.45) is 2.56. The van der Waals surface area contributed by atoms with E-state index in [1.807, 2.05) is 18.2 Å². The van der Waals surface area contributed by atoms with Crippen molar-refractivity contribution in [3.8, 4) is 0 Å². The van der Waals surface area contributed by atoms with Gasteiger partial charge in [-0.2, -0.15) is 0 Å². The van der Waals surface area contributed by atoms with Crippen LogP contribution in [0.15, 0.2) is 24.3 Å². The number of imidazole rings is 1. The second kappa shape index (κ2) is 5.31. The van der Waals surface area contributed by atoms with Crippen LogP contribution in [0.3, 0.4) is 0 Å². The van der Waals surface area contributed by atoms with E-state index in [1.54, 1.807) is 0 Å². The molecule has 0 amide bonds. The molecule has 0 radical (unpaired) electrons. The number of rotatable bonds is 4. The molecule has 2 heterocycles. The van der Waals surface area contributed by atoms with Crippen LogP contribution in [0, 0.1) is 0 Å². The maximum Gasteiger partial charge on any atom is 0.127 e. The Balaban J connectivity index is 2.03. The number of nitrogens with zero attached hydrogens (tertiary/aromatic N) is 3. The van der Waals surface area contributed by atoms with E-state index in [2.05, 4.69) is 22.5 Å². The van der Waals surface area contributed by atoms with Gasteiger partial charge in [0.1, 0.15) is 5.82 Å². The van der Waals surface area contributed by atoms with Gasteiger partial charge in [-0.15, -0.1) is 0 Å². The molecule has 1 aliphatic heterocycles. The molecule has 1 fully saturated rings. The zero-order chi connectivity index (χ0) is 13.2. The van der Waals surface area contributed by atoms with E-state index < -0.39 is 0 Å². The minimum atomic E-state index is 0.153. The van der Waals surface area contributed by atoms with Gasteiger partial charge in [-0.1, -0.05) is 12.1 Å². The summed E-state index contributed by atoms with van der Waals surface area (Å²) >= 11 is 0. The highest BCUT2D eigenvalue weighted by Crippen LogP contribution is 2.27. The number of fused-ring (bicyclic) bond motifs is 1. The van der Waals surface area contributed by atoms with Crippen molar-refractivity contribution in [3.05, 3.63) is 30.1 Å². The van der Waals surface area contributed by atoms with Crippen LogP contribution in [0.4, 0.5) is 0 Å². The predicted octanol–water partition coefficient (Wildman–Crippen LogP) is 2.19. The average Bonchev–Trinajstić information content (AvgIpc) is 3.06. The Morgan fingerprint density at radius 3 is 2.74 bits per heavy atom. The zero-order valence-corrected chi connectivity index (χ0v) is 11.4. The molecule has 1 atom stereocenters. The van der Waals surface area contributed by atoms with E-state index in [0.29, 0.717) is 12.6 Å². The first-order valence-corrected chi connectivity index (χ1v) is 7.11. The van der Waals surface area contributed by atoms with E-state index >= 15 is 0 Å². The lowest BCUT2D eigenvalue weighted by atomic mass is 10.2. The van der Waals surface area contributed by atoms with Crippen molar-refractivity contribution in [1.29, 1.82) is 0 Å². The predicted molar refractivity (Wildman–Crippen MR) is 76.0 cm³/mol. The van der Waals surface area contributed by atoms with Crippen molar-refractivity contribution in [3.63, 3.8) is 0 Å². The molecule has 1 aromatic carbocycles. The summed E-state index contributed by atoms with van der Waals surface area (Å²) in [5, 5.41) is 9.31. The van der Waals surface area contributed by atoms with E-state index in [1.165, 1.54) is 12.8 Å². The molecule has 1 aliphatic rings. The van der Waals surface area contributed by atoms with Gasteiger partial charge in [0.2, 0.25) is 0 Å². The van der Waals surface area contributed by atoms with Crippen LogP contribution in [0.5, 0.6) is 0 Å². The van der Waals surface area contributed by atoms with Gasteiger partial charge in [-0.25, -0.2) is 4.98 Å². The van der Waals surface area contributed by atoms with Crippen molar-refractivity contribution in [2.24, 2.45) is 0 Å². The van der Waals surface area contributed by atoms with Gasteiger partial charge in [0.15, 0.2) is 0 Å². The van der Waals surface area contributed by atoms with E-state index in [9.17, 15) is 5.11 Å². The van der Waals surface area contributed by atoms with Crippen molar-refractivity contribution in [1.82, 2.24) is 14.5 Å².